The molecule has 6 nitrogen and oxygen atoms in total. The van der Waals surface area contributed by atoms with Crippen molar-refractivity contribution >= 4 is 6.03 Å². The third-order valence-corrected chi connectivity index (χ3v) is 3.81. The molecule has 0 aliphatic carbocycles. The van der Waals surface area contributed by atoms with Crippen LogP contribution in [-0.2, 0) is 11.3 Å². The van der Waals surface area contributed by atoms with Gasteiger partial charge in [-0.25, -0.2) is 9.78 Å². The minimum absolute atomic E-state index is 0.100. The van der Waals surface area contributed by atoms with E-state index in [1.165, 1.54) is 12.3 Å². The van der Waals surface area contributed by atoms with Gasteiger partial charge in [-0.3, -0.25) is 0 Å². The standard InChI is InChI=1S/C19H22F3N3O3/c1-3-4-16-13(2)7-15(11-27-16)10-25-18(26)24-9-14-5-6-23-17(8-14)28-12-19(20,21)22/h3-6,8,15H,1-2,7,9-12H2,(H2,24,25,26)/b16-4+/t15-/m0/s1. The van der Waals surface area contributed by atoms with Crippen molar-refractivity contribution in [3.63, 3.8) is 0 Å². The Balaban J connectivity index is 1.73. The molecule has 1 fully saturated rings. The molecule has 0 spiro atoms. The zero-order chi connectivity index (χ0) is 20.6. The quantitative estimate of drug-likeness (QED) is 0.739. The van der Waals surface area contributed by atoms with Gasteiger partial charge in [0.25, 0.3) is 0 Å². The van der Waals surface area contributed by atoms with E-state index >= 15 is 0 Å². The van der Waals surface area contributed by atoms with E-state index in [0.29, 0.717) is 30.9 Å². The van der Waals surface area contributed by atoms with E-state index in [1.807, 2.05) is 0 Å². The number of ether oxygens (including phenoxy) is 2. The highest BCUT2D eigenvalue weighted by Crippen LogP contribution is 2.25. The first-order chi connectivity index (χ1) is 13.3. The van der Waals surface area contributed by atoms with Crippen LogP contribution >= 0.6 is 0 Å². The first kappa shape index (κ1) is 21.3. The fourth-order valence-electron chi connectivity index (χ4n) is 2.50. The van der Waals surface area contributed by atoms with E-state index in [2.05, 4.69) is 33.5 Å². The molecule has 1 aliphatic rings. The van der Waals surface area contributed by atoms with E-state index in [9.17, 15) is 18.0 Å². The molecule has 9 heteroatoms. The van der Waals surface area contributed by atoms with Crippen molar-refractivity contribution in [2.75, 3.05) is 19.8 Å². The summed E-state index contributed by atoms with van der Waals surface area (Å²) >= 11 is 0. The summed E-state index contributed by atoms with van der Waals surface area (Å²) in [6.07, 6.45) is 0.960. The Morgan fingerprint density at radius 3 is 2.89 bits per heavy atom. The van der Waals surface area contributed by atoms with Crippen molar-refractivity contribution in [1.29, 1.82) is 0 Å². The lowest BCUT2D eigenvalue weighted by Gasteiger charge is -2.26. The van der Waals surface area contributed by atoms with E-state index in [1.54, 1.807) is 18.2 Å². The topological polar surface area (TPSA) is 72.5 Å². The zero-order valence-electron chi connectivity index (χ0n) is 15.2. The zero-order valence-corrected chi connectivity index (χ0v) is 15.2. The first-order valence-corrected chi connectivity index (χ1v) is 8.56. The van der Waals surface area contributed by atoms with Crippen LogP contribution in [0.4, 0.5) is 18.0 Å². The van der Waals surface area contributed by atoms with E-state index < -0.39 is 18.8 Å². The van der Waals surface area contributed by atoms with Crippen LogP contribution in [0.2, 0.25) is 0 Å². The monoisotopic (exact) mass is 397 g/mol. The number of hydrogen-bond donors (Lipinski definition) is 2. The molecule has 0 radical (unpaired) electrons. The molecule has 2 rings (SSSR count). The smallest absolute Gasteiger partial charge is 0.422 e. The molecular weight excluding hydrogens is 375 g/mol. The molecule has 1 aromatic rings. The number of halogens is 3. The van der Waals surface area contributed by atoms with Gasteiger partial charge in [-0.05, 0) is 29.7 Å². The highest BCUT2D eigenvalue weighted by molar-refractivity contribution is 5.73. The van der Waals surface area contributed by atoms with Gasteiger partial charge in [0.1, 0.15) is 5.76 Å². The van der Waals surface area contributed by atoms with E-state index in [0.717, 1.165) is 5.57 Å². The molecule has 2 N–H and O–H groups in total. The van der Waals surface area contributed by atoms with Gasteiger partial charge in [-0.1, -0.05) is 19.2 Å². The van der Waals surface area contributed by atoms with Crippen LogP contribution in [0.1, 0.15) is 12.0 Å². The van der Waals surface area contributed by atoms with Gasteiger partial charge in [-0.15, -0.1) is 0 Å². The number of alkyl halides is 3. The summed E-state index contributed by atoms with van der Waals surface area (Å²) in [4.78, 5) is 15.7. The Kier molecular flexibility index (Phi) is 7.48. The number of hydrogen-bond acceptors (Lipinski definition) is 4. The van der Waals surface area contributed by atoms with Crippen molar-refractivity contribution in [3.8, 4) is 5.88 Å². The van der Waals surface area contributed by atoms with Gasteiger partial charge in [0.05, 0.1) is 6.61 Å². The van der Waals surface area contributed by atoms with Crippen molar-refractivity contribution in [3.05, 3.63) is 60.5 Å². The predicted molar refractivity (Wildman–Crippen MR) is 97.5 cm³/mol. The first-order valence-electron chi connectivity index (χ1n) is 8.56. The van der Waals surface area contributed by atoms with E-state index in [-0.39, 0.29) is 18.3 Å². The molecule has 2 amide bonds. The number of rotatable bonds is 7. The largest absolute Gasteiger partial charge is 0.493 e. The average molecular weight is 397 g/mol. The summed E-state index contributed by atoms with van der Waals surface area (Å²) in [6, 6.07) is 2.53. The molecular formula is C19H22F3N3O3. The van der Waals surface area contributed by atoms with Gasteiger partial charge < -0.3 is 20.1 Å². The summed E-state index contributed by atoms with van der Waals surface area (Å²) in [5.74, 6) is 0.652. The summed E-state index contributed by atoms with van der Waals surface area (Å²) in [5, 5.41) is 5.38. The van der Waals surface area contributed by atoms with Gasteiger partial charge in [0, 0.05) is 31.3 Å². The molecule has 1 aliphatic heterocycles. The Bertz CT molecular complexity index is 747. The van der Waals surface area contributed by atoms with Crippen LogP contribution in [0.15, 0.2) is 55.0 Å². The van der Waals surface area contributed by atoms with Gasteiger partial charge in [0.15, 0.2) is 6.61 Å². The molecule has 28 heavy (non-hydrogen) atoms. The van der Waals surface area contributed by atoms with Crippen molar-refractivity contribution < 1.29 is 27.4 Å². The lowest BCUT2D eigenvalue weighted by Crippen LogP contribution is -2.39. The van der Waals surface area contributed by atoms with Crippen molar-refractivity contribution in [2.24, 2.45) is 5.92 Å². The minimum atomic E-state index is -4.44. The second-order valence-corrected chi connectivity index (χ2v) is 6.22. The molecule has 0 saturated carbocycles. The number of urea groups is 1. The highest BCUT2D eigenvalue weighted by atomic mass is 19.4. The van der Waals surface area contributed by atoms with Crippen LogP contribution < -0.4 is 15.4 Å². The number of nitrogens with one attached hydrogen (secondary N) is 2. The van der Waals surface area contributed by atoms with Crippen LogP contribution in [0, 0.1) is 5.92 Å². The highest BCUT2D eigenvalue weighted by Gasteiger charge is 2.28. The average Bonchev–Trinajstić information content (AvgIpc) is 2.65. The summed E-state index contributed by atoms with van der Waals surface area (Å²) in [7, 11) is 0. The lowest BCUT2D eigenvalue weighted by molar-refractivity contribution is -0.154. The molecule has 152 valence electrons. The Hall–Kier alpha value is -2.97. The van der Waals surface area contributed by atoms with Crippen molar-refractivity contribution in [2.45, 2.75) is 19.1 Å². The van der Waals surface area contributed by atoms with Gasteiger partial charge >= 0.3 is 12.2 Å². The Morgan fingerprint density at radius 2 is 2.21 bits per heavy atom. The summed E-state index contributed by atoms with van der Waals surface area (Å²) < 4.78 is 46.7. The predicted octanol–water partition coefficient (Wildman–Crippen LogP) is 3.48. The summed E-state index contributed by atoms with van der Waals surface area (Å²) in [6.45, 7) is 7.13. The molecule has 0 unspecified atom stereocenters. The number of allylic oxidation sites excluding steroid dienone is 3. The number of pyridine rings is 1. The SMILES string of the molecule is C=C/C=C1/OC[C@H](CNC(=O)NCc2ccnc(OCC(F)(F)F)c2)CC1=C. The number of carbonyl (C=O) groups excluding carboxylic acids is 1. The fourth-order valence-corrected chi connectivity index (χ4v) is 2.50. The molecule has 1 saturated heterocycles. The number of aromatic nitrogens is 1. The van der Waals surface area contributed by atoms with Gasteiger partial charge in [0.2, 0.25) is 5.88 Å². The van der Waals surface area contributed by atoms with Crippen molar-refractivity contribution in [1.82, 2.24) is 15.6 Å². The minimum Gasteiger partial charge on any atom is -0.493 e. The van der Waals surface area contributed by atoms with E-state index in [4.69, 9.17) is 4.74 Å². The number of carbonyl (C=O) groups is 1. The second kappa shape index (κ2) is 9.82. The second-order valence-electron chi connectivity index (χ2n) is 6.22. The Morgan fingerprint density at radius 1 is 1.43 bits per heavy atom. The van der Waals surface area contributed by atoms with Crippen LogP contribution in [0.3, 0.4) is 0 Å². The maximum Gasteiger partial charge on any atom is 0.422 e. The molecule has 1 aromatic heterocycles. The Labute approximate surface area is 161 Å². The lowest BCUT2D eigenvalue weighted by atomic mass is 9.97. The van der Waals surface area contributed by atoms with Crippen LogP contribution in [-0.4, -0.2) is 36.9 Å². The number of nitrogens with zero attached hydrogens (tertiary/aromatic N) is 1. The van der Waals surface area contributed by atoms with Crippen LogP contribution in [0.5, 0.6) is 5.88 Å². The normalized spacial score (nSPS) is 18.3. The fraction of sp³-hybridized carbons (Fsp3) is 0.368. The number of amides is 2. The molecule has 0 aromatic carbocycles. The maximum atomic E-state index is 12.2. The summed E-state index contributed by atoms with van der Waals surface area (Å²) in [5.41, 5.74) is 1.41. The third kappa shape index (κ3) is 7.34. The molecule has 1 atom stereocenters. The third-order valence-electron chi connectivity index (χ3n) is 3.81. The van der Waals surface area contributed by atoms with Crippen LogP contribution in [0.25, 0.3) is 0 Å². The maximum absolute atomic E-state index is 12.2. The molecule has 2 heterocycles. The molecule has 0 bridgehead atoms. The van der Waals surface area contributed by atoms with Gasteiger partial charge in [-0.2, -0.15) is 13.2 Å².